The molecule has 1 aliphatic heterocycles. The third-order valence-corrected chi connectivity index (χ3v) is 5.98. The molecule has 31 heavy (non-hydrogen) atoms. The van der Waals surface area contributed by atoms with Gasteiger partial charge in [-0.05, 0) is 62.6 Å². The molecule has 1 saturated heterocycles. The maximum Gasteiger partial charge on any atom is 0.337 e. The highest BCUT2D eigenvalue weighted by molar-refractivity contribution is 5.89. The predicted octanol–water partition coefficient (Wildman–Crippen LogP) is 3.03. The van der Waals surface area contributed by atoms with Crippen molar-refractivity contribution in [3.05, 3.63) is 64.0 Å². The molecule has 0 spiro atoms. The minimum Gasteiger partial charge on any atom is -0.507 e. The van der Waals surface area contributed by atoms with Crippen molar-refractivity contribution in [3.8, 4) is 17.2 Å². The van der Waals surface area contributed by atoms with Crippen LogP contribution in [-0.2, 0) is 11.3 Å². The number of benzene rings is 2. The van der Waals surface area contributed by atoms with Gasteiger partial charge in [-0.15, -0.1) is 0 Å². The van der Waals surface area contributed by atoms with Crippen molar-refractivity contribution < 1.29 is 28.7 Å². The molecule has 0 radical (unpaired) electrons. The first-order valence-electron chi connectivity index (χ1n) is 10.4. The van der Waals surface area contributed by atoms with Gasteiger partial charge >= 0.3 is 5.97 Å². The monoisotopic (exact) mass is 424 g/mol. The fourth-order valence-electron chi connectivity index (χ4n) is 4.12. The van der Waals surface area contributed by atoms with Crippen LogP contribution >= 0.6 is 0 Å². The molecule has 3 aromatic rings. The summed E-state index contributed by atoms with van der Waals surface area (Å²) in [7, 11) is 1.31. The number of carbonyl (C=O) groups excluding carboxylic acids is 1. The highest BCUT2D eigenvalue weighted by Gasteiger charge is 2.25. The zero-order chi connectivity index (χ0) is 22.0. The van der Waals surface area contributed by atoms with E-state index in [9.17, 15) is 14.7 Å². The largest absolute Gasteiger partial charge is 0.507 e. The number of phenolic OH excluding ortho intramolecular Hbond substituents is 1. The first kappa shape index (κ1) is 20.9. The van der Waals surface area contributed by atoms with Gasteiger partial charge in [0.15, 0.2) is 5.58 Å². The van der Waals surface area contributed by atoms with Gasteiger partial charge in [-0.25, -0.2) is 4.79 Å². The molecule has 2 aromatic carbocycles. The Balaban J connectivity index is 1.64. The summed E-state index contributed by atoms with van der Waals surface area (Å²) >= 11 is 0. The van der Waals surface area contributed by atoms with Crippen molar-refractivity contribution in [1.82, 2.24) is 0 Å². The summed E-state index contributed by atoms with van der Waals surface area (Å²) in [6.07, 6.45) is 4.80. The molecule has 2 N–H and O–H groups in total. The Morgan fingerprint density at radius 1 is 1.19 bits per heavy atom. The maximum atomic E-state index is 13.0. The van der Waals surface area contributed by atoms with Gasteiger partial charge in [-0.1, -0.05) is 0 Å². The summed E-state index contributed by atoms with van der Waals surface area (Å²) in [4.78, 5) is 26.0. The lowest BCUT2D eigenvalue weighted by Gasteiger charge is -2.30. The van der Waals surface area contributed by atoms with E-state index in [0.29, 0.717) is 40.4 Å². The second kappa shape index (κ2) is 8.81. The number of hydrogen-bond acceptors (Lipinski definition) is 6. The number of piperidine rings is 1. The number of nitrogens with one attached hydrogen (secondary N) is 1. The van der Waals surface area contributed by atoms with Crippen LogP contribution in [0, 0.1) is 0 Å². The lowest BCUT2D eigenvalue weighted by Crippen LogP contribution is -3.14. The minimum absolute atomic E-state index is 0.0358. The highest BCUT2D eigenvalue weighted by atomic mass is 16.5. The van der Waals surface area contributed by atoms with Gasteiger partial charge in [0, 0.05) is 0 Å². The molecule has 1 aliphatic rings. The fraction of sp³-hybridized carbons (Fsp3) is 0.333. The molecular weight excluding hydrogens is 398 g/mol. The van der Waals surface area contributed by atoms with Crippen LogP contribution in [0.2, 0.25) is 0 Å². The fourth-order valence-corrected chi connectivity index (χ4v) is 4.12. The van der Waals surface area contributed by atoms with Crippen LogP contribution in [0.4, 0.5) is 0 Å². The van der Waals surface area contributed by atoms with E-state index in [4.69, 9.17) is 9.15 Å². The van der Waals surface area contributed by atoms with Crippen molar-refractivity contribution in [3.63, 3.8) is 0 Å². The Morgan fingerprint density at radius 2 is 1.97 bits per heavy atom. The van der Waals surface area contributed by atoms with E-state index in [1.165, 1.54) is 30.8 Å². The molecule has 0 aliphatic carbocycles. The van der Waals surface area contributed by atoms with Gasteiger partial charge in [0.05, 0.1) is 36.2 Å². The molecule has 2 heterocycles. The zero-order valence-corrected chi connectivity index (χ0v) is 17.6. The number of quaternary nitrogens is 1. The average Bonchev–Trinajstić information content (AvgIpc) is 2.78. The second-order valence-corrected chi connectivity index (χ2v) is 7.97. The molecule has 7 nitrogen and oxygen atoms in total. The third kappa shape index (κ3) is 4.27. The lowest BCUT2D eigenvalue weighted by molar-refractivity contribution is -0.941. The normalized spacial score (nSPS) is 18.6. The summed E-state index contributed by atoms with van der Waals surface area (Å²) in [5, 5.41) is 10.8. The second-order valence-electron chi connectivity index (χ2n) is 7.97. The molecule has 1 fully saturated rings. The SMILES string of the molecule is COC(=O)c1ccc(Oc2coc3c(C[NH+]4CCCC[C@H]4C)c(O)ccc3c2=O)cc1. The lowest BCUT2D eigenvalue weighted by atomic mass is 10.0. The Bertz CT molecular complexity index is 1150. The van der Waals surface area contributed by atoms with Gasteiger partial charge < -0.3 is 23.9 Å². The minimum atomic E-state index is -0.450. The number of hydrogen-bond donors (Lipinski definition) is 2. The van der Waals surface area contributed by atoms with Crippen molar-refractivity contribution in [2.45, 2.75) is 38.8 Å². The van der Waals surface area contributed by atoms with E-state index in [-0.39, 0.29) is 16.9 Å². The zero-order valence-electron chi connectivity index (χ0n) is 17.6. The van der Waals surface area contributed by atoms with Gasteiger partial charge in [0.25, 0.3) is 0 Å². The molecule has 0 bridgehead atoms. The Labute approximate surface area is 179 Å². The van der Waals surface area contributed by atoms with Crippen molar-refractivity contribution in [2.75, 3.05) is 13.7 Å². The smallest absolute Gasteiger partial charge is 0.337 e. The molecular formula is C24H26NO6+. The maximum absolute atomic E-state index is 13.0. The average molecular weight is 424 g/mol. The standard InChI is InChI=1S/C24H25NO6/c1-15-5-3-4-12-25(15)13-19-20(26)11-10-18-22(27)21(14-30-23(18)19)31-17-8-6-16(7-9-17)24(28)29-2/h6-11,14-15,26H,3-5,12-13H2,1-2H3/p+1/t15-/m1/s1. The summed E-state index contributed by atoms with van der Waals surface area (Å²) in [5.74, 6) is 0.112. The number of ether oxygens (including phenoxy) is 2. The third-order valence-electron chi connectivity index (χ3n) is 5.98. The predicted molar refractivity (Wildman–Crippen MR) is 115 cm³/mol. The summed E-state index contributed by atoms with van der Waals surface area (Å²) in [6, 6.07) is 9.87. The van der Waals surface area contributed by atoms with Crippen LogP contribution in [0.1, 0.15) is 42.1 Å². The van der Waals surface area contributed by atoms with E-state index in [1.807, 2.05) is 0 Å². The van der Waals surface area contributed by atoms with E-state index < -0.39 is 5.97 Å². The number of carbonyl (C=O) groups is 1. The van der Waals surface area contributed by atoms with Crippen LogP contribution in [0.15, 0.2) is 51.9 Å². The number of aromatic hydroxyl groups is 1. The topological polar surface area (TPSA) is 90.4 Å². The molecule has 1 aromatic heterocycles. The van der Waals surface area contributed by atoms with Crippen LogP contribution in [-0.4, -0.2) is 30.8 Å². The van der Waals surface area contributed by atoms with E-state index in [0.717, 1.165) is 19.4 Å². The van der Waals surface area contributed by atoms with Crippen LogP contribution < -0.4 is 15.1 Å². The summed E-state index contributed by atoms with van der Waals surface area (Å²) in [6.45, 7) is 3.84. The van der Waals surface area contributed by atoms with E-state index in [2.05, 4.69) is 11.7 Å². The van der Waals surface area contributed by atoms with E-state index in [1.54, 1.807) is 30.3 Å². The number of fused-ring (bicyclic) bond motifs is 1. The number of phenols is 1. The molecule has 162 valence electrons. The van der Waals surface area contributed by atoms with Crippen molar-refractivity contribution in [1.29, 1.82) is 0 Å². The quantitative estimate of drug-likeness (QED) is 0.612. The molecule has 7 heteroatoms. The van der Waals surface area contributed by atoms with Crippen molar-refractivity contribution >= 4 is 16.9 Å². The molecule has 0 amide bonds. The summed E-state index contributed by atoms with van der Waals surface area (Å²) in [5.41, 5.74) is 1.10. The summed E-state index contributed by atoms with van der Waals surface area (Å²) < 4.78 is 16.2. The number of likely N-dealkylation sites (tertiary alicyclic amines) is 1. The van der Waals surface area contributed by atoms with Gasteiger partial charge in [-0.3, -0.25) is 4.79 Å². The van der Waals surface area contributed by atoms with Gasteiger partial charge in [0.1, 0.15) is 24.3 Å². The van der Waals surface area contributed by atoms with Crippen LogP contribution in [0.25, 0.3) is 11.0 Å². The van der Waals surface area contributed by atoms with Crippen LogP contribution in [0.5, 0.6) is 17.2 Å². The molecule has 1 unspecified atom stereocenters. The number of rotatable bonds is 5. The Hall–Kier alpha value is -3.32. The number of methoxy groups -OCH3 is 1. The van der Waals surface area contributed by atoms with E-state index >= 15 is 0 Å². The first-order chi connectivity index (χ1) is 15.0. The molecule has 0 saturated carbocycles. The van der Waals surface area contributed by atoms with Gasteiger partial charge in [-0.2, -0.15) is 0 Å². The molecule has 2 atom stereocenters. The van der Waals surface area contributed by atoms with Crippen molar-refractivity contribution in [2.24, 2.45) is 0 Å². The Kier molecular flexibility index (Phi) is 5.95. The van der Waals surface area contributed by atoms with Crippen LogP contribution in [0.3, 0.4) is 0 Å². The molecule has 4 rings (SSSR count). The first-order valence-corrected chi connectivity index (χ1v) is 10.4. The number of esters is 1. The van der Waals surface area contributed by atoms with Gasteiger partial charge in [0.2, 0.25) is 11.2 Å². The highest BCUT2D eigenvalue weighted by Crippen LogP contribution is 2.28. The Morgan fingerprint density at radius 3 is 2.68 bits per heavy atom.